The van der Waals surface area contributed by atoms with Crippen molar-refractivity contribution < 1.29 is 19.1 Å². The molecule has 0 bridgehead atoms. The Bertz CT molecular complexity index is 835. The van der Waals surface area contributed by atoms with Gasteiger partial charge in [-0.15, -0.1) is 0 Å². The smallest absolute Gasteiger partial charge is 0.337 e. The minimum absolute atomic E-state index is 0.0380. The van der Waals surface area contributed by atoms with E-state index in [9.17, 15) is 4.79 Å². The van der Waals surface area contributed by atoms with E-state index in [0.717, 1.165) is 11.1 Å². The van der Waals surface area contributed by atoms with Crippen LogP contribution in [0.25, 0.3) is 11.0 Å². The largest absolute Gasteiger partial charge is 0.478 e. The average Bonchev–Trinajstić information content (AvgIpc) is 2.80. The Kier molecular flexibility index (Phi) is 3.31. The fourth-order valence-corrected chi connectivity index (χ4v) is 2.36. The van der Waals surface area contributed by atoms with Crippen LogP contribution in [-0.4, -0.2) is 11.1 Å². The SMILES string of the molecule is Cc1cc2cccc(Oc3ccc(C(=O)O)c(Cl)c3)c2o1. The van der Waals surface area contributed by atoms with Crippen LogP contribution in [0, 0.1) is 6.92 Å². The van der Waals surface area contributed by atoms with Crippen molar-refractivity contribution in [2.45, 2.75) is 6.92 Å². The third-order valence-electron chi connectivity index (χ3n) is 3.03. The molecular weight excluding hydrogens is 292 g/mol. The molecule has 0 amide bonds. The second kappa shape index (κ2) is 5.14. The lowest BCUT2D eigenvalue weighted by Gasteiger charge is -2.07. The molecule has 3 aromatic rings. The van der Waals surface area contributed by atoms with E-state index in [0.29, 0.717) is 17.1 Å². The van der Waals surface area contributed by atoms with E-state index in [-0.39, 0.29) is 10.6 Å². The molecule has 0 atom stereocenters. The Morgan fingerprint density at radius 1 is 1.24 bits per heavy atom. The lowest BCUT2D eigenvalue weighted by Crippen LogP contribution is -1.97. The standard InChI is InChI=1S/C16H11ClO4/c1-9-7-10-3-2-4-14(15(10)20-9)21-11-5-6-12(16(18)19)13(17)8-11/h2-8H,1H3,(H,18,19). The molecule has 0 radical (unpaired) electrons. The van der Waals surface area contributed by atoms with Crippen molar-refractivity contribution in [1.29, 1.82) is 0 Å². The Labute approximate surface area is 125 Å². The lowest BCUT2D eigenvalue weighted by molar-refractivity contribution is 0.0697. The summed E-state index contributed by atoms with van der Waals surface area (Å²) in [5.41, 5.74) is 0.685. The maximum Gasteiger partial charge on any atom is 0.337 e. The molecule has 106 valence electrons. The van der Waals surface area contributed by atoms with Crippen molar-refractivity contribution in [3.63, 3.8) is 0 Å². The molecule has 2 aromatic carbocycles. The van der Waals surface area contributed by atoms with Crippen LogP contribution >= 0.6 is 11.6 Å². The van der Waals surface area contributed by atoms with E-state index >= 15 is 0 Å². The molecule has 3 rings (SSSR count). The molecule has 5 heteroatoms. The Hall–Kier alpha value is -2.46. The van der Waals surface area contributed by atoms with Crippen LogP contribution in [0.3, 0.4) is 0 Å². The van der Waals surface area contributed by atoms with Crippen molar-refractivity contribution in [2.75, 3.05) is 0 Å². The molecule has 1 heterocycles. The van der Waals surface area contributed by atoms with Gasteiger partial charge in [-0.25, -0.2) is 4.79 Å². The molecule has 0 saturated carbocycles. The average molecular weight is 303 g/mol. The summed E-state index contributed by atoms with van der Waals surface area (Å²) in [6.45, 7) is 1.86. The molecule has 0 aliphatic rings. The summed E-state index contributed by atoms with van der Waals surface area (Å²) < 4.78 is 11.4. The summed E-state index contributed by atoms with van der Waals surface area (Å²) in [6, 6.07) is 11.9. The first-order valence-corrected chi connectivity index (χ1v) is 6.62. The van der Waals surface area contributed by atoms with Crippen LogP contribution in [-0.2, 0) is 0 Å². The highest BCUT2D eigenvalue weighted by Gasteiger charge is 2.12. The van der Waals surface area contributed by atoms with Crippen molar-refractivity contribution >= 4 is 28.5 Å². The molecule has 0 aliphatic heterocycles. The molecule has 1 aromatic heterocycles. The lowest BCUT2D eigenvalue weighted by atomic mass is 10.2. The van der Waals surface area contributed by atoms with Crippen LogP contribution in [0.5, 0.6) is 11.5 Å². The Morgan fingerprint density at radius 3 is 2.76 bits per heavy atom. The third-order valence-corrected chi connectivity index (χ3v) is 3.34. The number of ether oxygens (including phenoxy) is 1. The van der Waals surface area contributed by atoms with Crippen LogP contribution in [0.1, 0.15) is 16.1 Å². The number of hydrogen-bond donors (Lipinski definition) is 1. The number of halogens is 1. The highest BCUT2D eigenvalue weighted by molar-refractivity contribution is 6.33. The molecule has 0 saturated heterocycles. The van der Waals surface area contributed by atoms with Gasteiger partial charge in [-0.1, -0.05) is 23.7 Å². The van der Waals surface area contributed by atoms with E-state index in [2.05, 4.69) is 0 Å². The number of furan rings is 1. The van der Waals surface area contributed by atoms with E-state index < -0.39 is 5.97 Å². The summed E-state index contributed by atoms with van der Waals surface area (Å²) in [5.74, 6) is 0.724. The monoisotopic (exact) mass is 302 g/mol. The van der Waals surface area contributed by atoms with Crippen molar-refractivity contribution in [3.05, 3.63) is 58.8 Å². The molecule has 4 nitrogen and oxygen atoms in total. The predicted octanol–water partition coefficient (Wildman–Crippen LogP) is 4.89. The second-order valence-corrected chi connectivity index (χ2v) is 4.99. The van der Waals surface area contributed by atoms with Gasteiger partial charge in [0, 0.05) is 11.5 Å². The van der Waals surface area contributed by atoms with Crippen molar-refractivity contribution in [3.8, 4) is 11.5 Å². The summed E-state index contributed by atoms with van der Waals surface area (Å²) in [6.07, 6.45) is 0. The summed E-state index contributed by atoms with van der Waals surface area (Å²) in [4.78, 5) is 10.9. The van der Waals surface area contributed by atoms with Gasteiger partial charge in [0.2, 0.25) is 0 Å². The predicted molar refractivity (Wildman–Crippen MR) is 79.4 cm³/mol. The quantitative estimate of drug-likeness (QED) is 0.748. The molecule has 0 fully saturated rings. The van der Waals surface area contributed by atoms with Gasteiger partial charge >= 0.3 is 5.97 Å². The number of hydrogen-bond acceptors (Lipinski definition) is 3. The highest BCUT2D eigenvalue weighted by Crippen LogP contribution is 2.33. The fourth-order valence-electron chi connectivity index (χ4n) is 2.11. The van der Waals surface area contributed by atoms with E-state index in [1.54, 1.807) is 12.1 Å². The molecule has 0 unspecified atom stereocenters. The minimum atomic E-state index is -1.07. The molecule has 21 heavy (non-hydrogen) atoms. The maximum atomic E-state index is 10.9. The zero-order valence-corrected chi connectivity index (χ0v) is 11.8. The van der Waals surface area contributed by atoms with Gasteiger partial charge in [-0.05, 0) is 31.2 Å². The molecule has 1 N–H and O–H groups in total. The Balaban J connectivity index is 1.99. The zero-order chi connectivity index (χ0) is 15.0. The number of aromatic carboxylic acids is 1. The van der Waals surface area contributed by atoms with Gasteiger partial charge in [0.25, 0.3) is 0 Å². The van der Waals surface area contributed by atoms with Crippen LogP contribution in [0.2, 0.25) is 5.02 Å². The number of aryl methyl sites for hydroxylation is 1. The van der Waals surface area contributed by atoms with Gasteiger partial charge in [0.15, 0.2) is 11.3 Å². The van der Waals surface area contributed by atoms with Gasteiger partial charge < -0.3 is 14.3 Å². The molecule has 0 spiro atoms. The van der Waals surface area contributed by atoms with Crippen LogP contribution in [0.4, 0.5) is 0 Å². The van der Waals surface area contributed by atoms with Crippen molar-refractivity contribution in [2.24, 2.45) is 0 Å². The van der Waals surface area contributed by atoms with Crippen LogP contribution < -0.4 is 4.74 Å². The minimum Gasteiger partial charge on any atom is -0.478 e. The topological polar surface area (TPSA) is 59.7 Å². The highest BCUT2D eigenvalue weighted by atomic mass is 35.5. The van der Waals surface area contributed by atoms with E-state index in [4.69, 9.17) is 25.9 Å². The summed E-state index contributed by atoms with van der Waals surface area (Å²) in [5, 5.41) is 10.0. The van der Waals surface area contributed by atoms with Gasteiger partial charge in [0.1, 0.15) is 11.5 Å². The first-order chi connectivity index (χ1) is 10.0. The number of benzene rings is 2. The number of carboxylic acid groups (broad SMARTS) is 1. The normalized spacial score (nSPS) is 10.8. The fraction of sp³-hybridized carbons (Fsp3) is 0.0625. The first-order valence-electron chi connectivity index (χ1n) is 6.24. The van der Waals surface area contributed by atoms with Crippen LogP contribution in [0.15, 0.2) is 46.9 Å². The van der Waals surface area contributed by atoms with Gasteiger partial charge in [0.05, 0.1) is 10.6 Å². The van der Waals surface area contributed by atoms with Gasteiger partial charge in [-0.3, -0.25) is 0 Å². The zero-order valence-electron chi connectivity index (χ0n) is 11.1. The first kappa shape index (κ1) is 13.5. The van der Waals surface area contributed by atoms with Crippen molar-refractivity contribution in [1.82, 2.24) is 0 Å². The summed E-state index contributed by atoms with van der Waals surface area (Å²) in [7, 11) is 0. The number of rotatable bonds is 3. The third kappa shape index (κ3) is 2.58. The number of carbonyl (C=O) groups is 1. The van der Waals surface area contributed by atoms with E-state index in [1.807, 2.05) is 25.1 Å². The molecular formula is C16H11ClO4. The number of para-hydroxylation sites is 1. The molecule has 0 aliphatic carbocycles. The second-order valence-electron chi connectivity index (χ2n) is 4.58. The Morgan fingerprint density at radius 2 is 2.05 bits per heavy atom. The summed E-state index contributed by atoms with van der Waals surface area (Å²) >= 11 is 5.93. The number of carboxylic acids is 1. The maximum absolute atomic E-state index is 10.9. The van der Waals surface area contributed by atoms with Gasteiger partial charge in [-0.2, -0.15) is 0 Å². The number of fused-ring (bicyclic) bond motifs is 1. The van der Waals surface area contributed by atoms with E-state index in [1.165, 1.54) is 12.1 Å².